The lowest BCUT2D eigenvalue weighted by molar-refractivity contribution is -0.384. The summed E-state index contributed by atoms with van der Waals surface area (Å²) in [5.74, 6) is 0.542. The number of hydrogen-bond acceptors (Lipinski definition) is 4. The van der Waals surface area contributed by atoms with Gasteiger partial charge in [0.25, 0.3) is 5.69 Å². The summed E-state index contributed by atoms with van der Waals surface area (Å²) in [4.78, 5) is 21.7. The molecule has 0 bridgehead atoms. The smallest absolute Gasteiger partial charge is 0.271 e. The van der Waals surface area contributed by atoms with Crippen LogP contribution in [-0.2, 0) is 0 Å². The van der Waals surface area contributed by atoms with Crippen LogP contribution in [0, 0.1) is 24.0 Å². The minimum absolute atomic E-state index is 0.0220. The van der Waals surface area contributed by atoms with Crippen molar-refractivity contribution in [3.63, 3.8) is 0 Å². The number of hydrogen-bond donors (Lipinski definition) is 0. The highest BCUT2D eigenvalue weighted by molar-refractivity contribution is 5.78. The third-order valence-electron chi connectivity index (χ3n) is 3.35. The molecule has 6 nitrogen and oxygen atoms in total. The molecule has 0 fully saturated rings. The van der Waals surface area contributed by atoms with Crippen molar-refractivity contribution in [2.75, 3.05) is 0 Å². The number of ether oxygens (including phenoxy) is 1. The van der Waals surface area contributed by atoms with Crippen molar-refractivity contribution in [3.05, 3.63) is 51.3 Å². The third-order valence-corrected chi connectivity index (χ3v) is 3.35. The number of aromatic nitrogens is 1. The second-order valence-corrected chi connectivity index (χ2v) is 5.36. The number of non-ortho nitro benzene ring substituents is 1. The van der Waals surface area contributed by atoms with Crippen LogP contribution in [-0.4, -0.2) is 21.9 Å². The van der Waals surface area contributed by atoms with Crippen LogP contribution in [0.5, 0.6) is 5.75 Å². The van der Waals surface area contributed by atoms with Crippen LogP contribution in [0.2, 0.25) is 0 Å². The van der Waals surface area contributed by atoms with Gasteiger partial charge < -0.3 is 9.30 Å². The quantitative estimate of drug-likeness (QED) is 0.480. The van der Waals surface area contributed by atoms with E-state index < -0.39 is 4.92 Å². The van der Waals surface area contributed by atoms with Gasteiger partial charge in [-0.25, -0.2) is 0 Å². The van der Waals surface area contributed by atoms with E-state index in [1.165, 1.54) is 12.1 Å². The van der Waals surface area contributed by atoms with Crippen molar-refractivity contribution in [3.8, 4) is 11.4 Å². The Morgan fingerprint density at radius 1 is 1.27 bits per heavy atom. The number of rotatable bonds is 5. The molecule has 0 N–H and O–H groups in total. The number of aldehydes is 1. The Bertz CT molecular complexity index is 732. The first kappa shape index (κ1) is 15.8. The average Bonchev–Trinajstić information content (AvgIpc) is 2.73. The molecule has 116 valence electrons. The SMILES string of the molecule is Cc1cc(C=O)c(C)n1-c1cc([N+](=O)[O-])ccc1OC(C)C. The van der Waals surface area contributed by atoms with E-state index in [1.807, 2.05) is 20.8 Å². The summed E-state index contributed by atoms with van der Waals surface area (Å²) in [6.07, 6.45) is 0.709. The summed E-state index contributed by atoms with van der Waals surface area (Å²) in [6.45, 7) is 7.42. The molecule has 0 aliphatic heterocycles. The fourth-order valence-electron chi connectivity index (χ4n) is 2.43. The fraction of sp³-hybridized carbons (Fsp3) is 0.312. The minimum atomic E-state index is -0.447. The molecule has 22 heavy (non-hydrogen) atoms. The zero-order valence-corrected chi connectivity index (χ0v) is 13.0. The standard InChI is InChI=1S/C16H18N2O4/c1-10(2)22-16-6-5-14(18(20)21)8-15(16)17-11(3)7-13(9-19)12(17)4/h5-10H,1-4H3. The maximum absolute atomic E-state index is 11.1. The Balaban J connectivity index is 2.70. The van der Waals surface area contributed by atoms with Gasteiger partial charge in [0.1, 0.15) is 5.75 Å². The van der Waals surface area contributed by atoms with Gasteiger partial charge in [0.15, 0.2) is 6.29 Å². The summed E-state index contributed by atoms with van der Waals surface area (Å²) < 4.78 is 7.56. The number of carbonyl (C=O) groups is 1. The van der Waals surface area contributed by atoms with Gasteiger partial charge in [-0.2, -0.15) is 0 Å². The summed E-state index contributed by atoms with van der Waals surface area (Å²) in [7, 11) is 0. The van der Waals surface area contributed by atoms with E-state index in [-0.39, 0.29) is 11.8 Å². The summed E-state index contributed by atoms with van der Waals surface area (Å²) >= 11 is 0. The van der Waals surface area contributed by atoms with E-state index in [1.54, 1.807) is 23.6 Å². The molecule has 0 amide bonds. The molecule has 0 atom stereocenters. The fourth-order valence-corrected chi connectivity index (χ4v) is 2.43. The summed E-state index contributed by atoms with van der Waals surface area (Å²) in [5, 5.41) is 11.0. The maximum Gasteiger partial charge on any atom is 0.271 e. The molecule has 1 aromatic carbocycles. The highest BCUT2D eigenvalue weighted by atomic mass is 16.6. The van der Waals surface area contributed by atoms with Crippen LogP contribution in [0.15, 0.2) is 24.3 Å². The monoisotopic (exact) mass is 302 g/mol. The minimum Gasteiger partial charge on any atom is -0.489 e. The topological polar surface area (TPSA) is 74.4 Å². The van der Waals surface area contributed by atoms with Gasteiger partial charge in [-0.1, -0.05) is 0 Å². The molecule has 2 aromatic rings. The molecule has 1 aromatic heterocycles. The lowest BCUT2D eigenvalue weighted by atomic mass is 10.2. The molecular weight excluding hydrogens is 284 g/mol. The molecule has 0 saturated heterocycles. The highest BCUT2D eigenvalue weighted by Crippen LogP contribution is 2.32. The van der Waals surface area contributed by atoms with Gasteiger partial charge in [0.2, 0.25) is 0 Å². The van der Waals surface area contributed by atoms with E-state index in [2.05, 4.69) is 0 Å². The van der Waals surface area contributed by atoms with Crippen molar-refractivity contribution in [2.24, 2.45) is 0 Å². The Kier molecular flexibility index (Phi) is 4.30. The van der Waals surface area contributed by atoms with Crippen molar-refractivity contribution in [2.45, 2.75) is 33.8 Å². The van der Waals surface area contributed by atoms with Crippen molar-refractivity contribution in [1.82, 2.24) is 4.57 Å². The van der Waals surface area contributed by atoms with Crippen LogP contribution in [0.25, 0.3) is 5.69 Å². The van der Waals surface area contributed by atoms with Crippen molar-refractivity contribution >= 4 is 12.0 Å². The maximum atomic E-state index is 11.1. The first-order valence-corrected chi connectivity index (χ1v) is 6.94. The van der Waals surface area contributed by atoms with E-state index in [4.69, 9.17) is 4.74 Å². The van der Waals surface area contributed by atoms with Gasteiger partial charge in [-0.3, -0.25) is 14.9 Å². The molecule has 0 spiro atoms. The molecule has 0 unspecified atom stereocenters. The zero-order valence-electron chi connectivity index (χ0n) is 13.0. The van der Waals surface area contributed by atoms with Crippen LogP contribution in [0.1, 0.15) is 35.6 Å². The number of aryl methyl sites for hydroxylation is 1. The molecule has 2 rings (SSSR count). The van der Waals surface area contributed by atoms with Crippen molar-refractivity contribution < 1.29 is 14.5 Å². The second-order valence-electron chi connectivity index (χ2n) is 5.36. The molecule has 0 aliphatic rings. The Morgan fingerprint density at radius 2 is 1.95 bits per heavy atom. The first-order valence-electron chi connectivity index (χ1n) is 6.94. The number of benzene rings is 1. The van der Waals surface area contributed by atoms with E-state index in [0.29, 0.717) is 17.0 Å². The van der Waals surface area contributed by atoms with Gasteiger partial charge in [-0.05, 0) is 39.8 Å². The van der Waals surface area contributed by atoms with Crippen molar-refractivity contribution in [1.29, 1.82) is 0 Å². The van der Waals surface area contributed by atoms with Gasteiger partial charge in [0.05, 0.1) is 16.7 Å². The molecular formula is C16H18N2O4. The molecule has 1 heterocycles. The van der Waals surface area contributed by atoms with Gasteiger partial charge >= 0.3 is 0 Å². The molecule has 0 radical (unpaired) electrons. The predicted molar refractivity (Wildman–Crippen MR) is 83.0 cm³/mol. The van der Waals surface area contributed by atoms with Crippen LogP contribution in [0.4, 0.5) is 5.69 Å². The lowest BCUT2D eigenvalue weighted by Crippen LogP contribution is -2.10. The number of nitro benzene ring substituents is 1. The van der Waals surface area contributed by atoms with Gasteiger partial charge in [0, 0.05) is 29.1 Å². The molecule has 6 heteroatoms. The summed E-state index contributed by atoms with van der Waals surface area (Å²) in [5.41, 5.74) is 2.63. The second kappa shape index (κ2) is 6.01. The van der Waals surface area contributed by atoms with Crippen LogP contribution < -0.4 is 4.74 Å². The zero-order chi connectivity index (χ0) is 16.4. The van der Waals surface area contributed by atoms with E-state index in [0.717, 1.165) is 17.7 Å². The van der Waals surface area contributed by atoms with Crippen LogP contribution in [0.3, 0.4) is 0 Å². The van der Waals surface area contributed by atoms with E-state index >= 15 is 0 Å². The molecule has 0 aliphatic carbocycles. The third kappa shape index (κ3) is 2.86. The number of nitrogens with zero attached hydrogens (tertiary/aromatic N) is 2. The number of carbonyl (C=O) groups excluding carboxylic acids is 1. The van der Waals surface area contributed by atoms with E-state index in [9.17, 15) is 14.9 Å². The van der Waals surface area contributed by atoms with Crippen LogP contribution >= 0.6 is 0 Å². The normalized spacial score (nSPS) is 10.8. The largest absolute Gasteiger partial charge is 0.489 e. The molecule has 0 saturated carbocycles. The van der Waals surface area contributed by atoms with Gasteiger partial charge in [-0.15, -0.1) is 0 Å². The highest BCUT2D eigenvalue weighted by Gasteiger charge is 2.18. The Labute approximate surface area is 128 Å². The number of nitro groups is 1. The Hall–Kier alpha value is -2.63. The predicted octanol–water partition coefficient (Wildman–Crippen LogP) is 3.60. The average molecular weight is 302 g/mol. The Morgan fingerprint density at radius 3 is 2.45 bits per heavy atom. The lowest BCUT2D eigenvalue weighted by Gasteiger charge is -2.17. The first-order chi connectivity index (χ1) is 10.3. The summed E-state index contributed by atoms with van der Waals surface area (Å²) in [6, 6.07) is 6.22.